The average molecular weight is 241 g/mol. The second kappa shape index (κ2) is 5.27. The van der Waals surface area contributed by atoms with E-state index in [0.717, 1.165) is 6.42 Å². The lowest BCUT2D eigenvalue weighted by molar-refractivity contribution is 0.0735. The molecular formula is C11H13ClN2O2. The van der Waals surface area contributed by atoms with E-state index in [9.17, 15) is 4.79 Å². The molecule has 1 aliphatic heterocycles. The molecule has 0 unspecified atom stereocenters. The smallest absolute Gasteiger partial charge is 0.272 e. The lowest BCUT2D eigenvalue weighted by Crippen LogP contribution is -2.33. The van der Waals surface area contributed by atoms with E-state index in [0.29, 0.717) is 37.2 Å². The molecule has 2 rings (SSSR count). The van der Waals surface area contributed by atoms with E-state index in [1.165, 1.54) is 0 Å². The van der Waals surface area contributed by atoms with Crippen LogP contribution >= 0.6 is 11.6 Å². The summed E-state index contributed by atoms with van der Waals surface area (Å²) in [6, 6.07) is 5.07. The summed E-state index contributed by atoms with van der Waals surface area (Å²) in [7, 11) is 0. The molecule has 86 valence electrons. The highest BCUT2D eigenvalue weighted by Gasteiger charge is 2.18. The third kappa shape index (κ3) is 2.71. The van der Waals surface area contributed by atoms with Gasteiger partial charge in [0.05, 0.1) is 6.61 Å². The number of hydrogen-bond acceptors (Lipinski definition) is 3. The van der Waals surface area contributed by atoms with Crippen LogP contribution in [0.4, 0.5) is 0 Å². The van der Waals surface area contributed by atoms with Crippen molar-refractivity contribution in [3.63, 3.8) is 0 Å². The number of halogens is 1. The Balaban J connectivity index is 2.11. The first-order valence-electron chi connectivity index (χ1n) is 5.27. The number of carbonyl (C=O) groups excluding carboxylic acids is 1. The maximum atomic E-state index is 12.1. The first-order chi connectivity index (χ1) is 7.77. The van der Waals surface area contributed by atoms with Crippen LogP contribution in [0.15, 0.2) is 18.2 Å². The van der Waals surface area contributed by atoms with Gasteiger partial charge in [0, 0.05) is 19.7 Å². The first kappa shape index (κ1) is 11.4. The highest BCUT2D eigenvalue weighted by Crippen LogP contribution is 2.09. The van der Waals surface area contributed by atoms with Crippen LogP contribution in [0.5, 0.6) is 0 Å². The second-order valence-corrected chi connectivity index (χ2v) is 3.99. The largest absolute Gasteiger partial charge is 0.380 e. The van der Waals surface area contributed by atoms with E-state index in [1.807, 2.05) is 0 Å². The number of pyridine rings is 1. The molecule has 0 saturated carbocycles. The Bertz CT molecular complexity index is 376. The topological polar surface area (TPSA) is 42.4 Å². The summed E-state index contributed by atoms with van der Waals surface area (Å²) < 4.78 is 5.29. The Labute approximate surface area is 99.2 Å². The lowest BCUT2D eigenvalue weighted by Gasteiger charge is -2.18. The molecule has 0 atom stereocenters. The van der Waals surface area contributed by atoms with E-state index in [-0.39, 0.29) is 5.91 Å². The van der Waals surface area contributed by atoms with Gasteiger partial charge >= 0.3 is 0 Å². The number of aromatic nitrogens is 1. The fourth-order valence-electron chi connectivity index (χ4n) is 1.64. The Morgan fingerprint density at radius 3 is 3.06 bits per heavy atom. The minimum absolute atomic E-state index is 0.0759. The van der Waals surface area contributed by atoms with Gasteiger partial charge in [-0.05, 0) is 18.6 Å². The summed E-state index contributed by atoms with van der Waals surface area (Å²) in [4.78, 5) is 17.8. The lowest BCUT2D eigenvalue weighted by atomic mass is 10.3. The molecule has 1 aromatic heterocycles. The van der Waals surface area contributed by atoms with E-state index in [4.69, 9.17) is 16.3 Å². The van der Waals surface area contributed by atoms with Crippen LogP contribution in [0.3, 0.4) is 0 Å². The predicted octanol–water partition coefficient (Wildman–Crippen LogP) is 1.60. The van der Waals surface area contributed by atoms with Crippen LogP contribution in [-0.2, 0) is 4.74 Å². The summed E-state index contributed by atoms with van der Waals surface area (Å²) in [5.41, 5.74) is 0.398. The van der Waals surface area contributed by atoms with Crippen molar-refractivity contribution in [2.24, 2.45) is 0 Å². The Morgan fingerprint density at radius 2 is 2.25 bits per heavy atom. The molecule has 4 nitrogen and oxygen atoms in total. The van der Waals surface area contributed by atoms with E-state index in [1.54, 1.807) is 23.1 Å². The monoisotopic (exact) mass is 240 g/mol. The fourth-order valence-corrected chi connectivity index (χ4v) is 1.80. The fraction of sp³-hybridized carbons (Fsp3) is 0.455. The van der Waals surface area contributed by atoms with Crippen molar-refractivity contribution in [1.29, 1.82) is 0 Å². The molecule has 2 heterocycles. The standard InChI is InChI=1S/C11H13ClN2O2/c12-10-4-1-3-9(13-10)11(15)14-5-2-7-16-8-6-14/h1,3-4H,2,5-8H2. The molecule has 0 N–H and O–H groups in total. The molecule has 1 saturated heterocycles. The maximum Gasteiger partial charge on any atom is 0.272 e. The normalized spacial score (nSPS) is 16.9. The average Bonchev–Trinajstić information content (AvgIpc) is 2.56. The third-order valence-corrected chi connectivity index (χ3v) is 2.65. The van der Waals surface area contributed by atoms with Crippen molar-refractivity contribution in [2.45, 2.75) is 6.42 Å². The summed E-state index contributed by atoms with van der Waals surface area (Å²) in [6.45, 7) is 2.64. The quantitative estimate of drug-likeness (QED) is 0.701. The highest BCUT2D eigenvalue weighted by molar-refractivity contribution is 6.29. The minimum Gasteiger partial charge on any atom is -0.380 e. The molecule has 1 amide bonds. The number of hydrogen-bond donors (Lipinski definition) is 0. The number of nitrogens with zero attached hydrogens (tertiary/aromatic N) is 2. The Kier molecular flexibility index (Phi) is 3.74. The van der Waals surface area contributed by atoms with Gasteiger partial charge in [0.15, 0.2) is 0 Å². The predicted molar refractivity (Wildman–Crippen MR) is 60.6 cm³/mol. The molecule has 1 aliphatic rings. The molecule has 5 heteroatoms. The SMILES string of the molecule is O=C(c1cccc(Cl)n1)N1CCCOCC1. The van der Waals surface area contributed by atoms with Gasteiger partial charge in [-0.25, -0.2) is 4.98 Å². The van der Waals surface area contributed by atoms with Crippen LogP contribution in [-0.4, -0.2) is 42.1 Å². The summed E-state index contributed by atoms with van der Waals surface area (Å²) >= 11 is 5.75. The molecule has 1 aromatic rings. The van der Waals surface area contributed by atoms with Crippen molar-refractivity contribution in [1.82, 2.24) is 9.88 Å². The second-order valence-electron chi connectivity index (χ2n) is 3.60. The molecule has 1 fully saturated rings. The van der Waals surface area contributed by atoms with Gasteiger partial charge < -0.3 is 9.64 Å². The van der Waals surface area contributed by atoms with Crippen LogP contribution in [0.2, 0.25) is 5.15 Å². The molecule has 0 bridgehead atoms. The van der Waals surface area contributed by atoms with Gasteiger partial charge in [0.1, 0.15) is 10.8 Å². The summed E-state index contributed by atoms with van der Waals surface area (Å²) in [5, 5.41) is 0.344. The zero-order chi connectivity index (χ0) is 11.4. The molecule has 0 radical (unpaired) electrons. The van der Waals surface area contributed by atoms with Gasteiger partial charge in [0.25, 0.3) is 5.91 Å². The molecule has 16 heavy (non-hydrogen) atoms. The molecular weight excluding hydrogens is 228 g/mol. The third-order valence-electron chi connectivity index (χ3n) is 2.44. The number of amides is 1. The molecule has 0 spiro atoms. The van der Waals surface area contributed by atoms with E-state index < -0.39 is 0 Å². The van der Waals surface area contributed by atoms with Gasteiger partial charge in [-0.3, -0.25) is 4.79 Å². The van der Waals surface area contributed by atoms with Crippen LogP contribution < -0.4 is 0 Å². The van der Waals surface area contributed by atoms with Crippen molar-refractivity contribution in [3.8, 4) is 0 Å². The van der Waals surface area contributed by atoms with Crippen molar-refractivity contribution in [3.05, 3.63) is 29.0 Å². The minimum atomic E-state index is -0.0759. The zero-order valence-electron chi connectivity index (χ0n) is 8.86. The van der Waals surface area contributed by atoms with Crippen molar-refractivity contribution < 1.29 is 9.53 Å². The number of carbonyl (C=O) groups is 1. The summed E-state index contributed by atoms with van der Waals surface area (Å²) in [5.74, 6) is -0.0759. The van der Waals surface area contributed by atoms with Crippen molar-refractivity contribution >= 4 is 17.5 Å². The Morgan fingerprint density at radius 1 is 1.38 bits per heavy atom. The maximum absolute atomic E-state index is 12.1. The summed E-state index contributed by atoms with van der Waals surface area (Å²) in [6.07, 6.45) is 0.867. The zero-order valence-corrected chi connectivity index (χ0v) is 9.61. The highest BCUT2D eigenvalue weighted by atomic mass is 35.5. The van der Waals surface area contributed by atoms with E-state index in [2.05, 4.69) is 4.98 Å². The van der Waals surface area contributed by atoms with Gasteiger partial charge in [0.2, 0.25) is 0 Å². The number of ether oxygens (including phenoxy) is 1. The molecule has 0 aromatic carbocycles. The van der Waals surface area contributed by atoms with Crippen LogP contribution in [0, 0.1) is 0 Å². The van der Waals surface area contributed by atoms with E-state index >= 15 is 0 Å². The molecule has 0 aliphatic carbocycles. The van der Waals surface area contributed by atoms with Gasteiger partial charge in [-0.15, -0.1) is 0 Å². The van der Waals surface area contributed by atoms with Gasteiger partial charge in [-0.1, -0.05) is 17.7 Å². The number of rotatable bonds is 1. The first-order valence-corrected chi connectivity index (χ1v) is 5.65. The Hall–Kier alpha value is -1.13. The van der Waals surface area contributed by atoms with Crippen molar-refractivity contribution in [2.75, 3.05) is 26.3 Å². The van der Waals surface area contributed by atoms with Crippen LogP contribution in [0.25, 0.3) is 0 Å². The van der Waals surface area contributed by atoms with Crippen LogP contribution in [0.1, 0.15) is 16.9 Å². The van der Waals surface area contributed by atoms with Gasteiger partial charge in [-0.2, -0.15) is 0 Å².